The second-order valence-electron chi connectivity index (χ2n) is 6.65. The molecule has 9 nitrogen and oxygen atoms in total. The van der Waals surface area contributed by atoms with Crippen molar-refractivity contribution in [2.45, 2.75) is 33.2 Å². The minimum atomic E-state index is -1.33. The van der Waals surface area contributed by atoms with E-state index in [2.05, 4.69) is 10.6 Å². The van der Waals surface area contributed by atoms with Crippen LogP contribution in [0.15, 0.2) is 30.3 Å². The number of hydrogen-bond donors (Lipinski definition) is 3. The molecule has 1 heterocycles. The number of hydrogen-bond acceptors (Lipinski definition) is 8. The van der Waals surface area contributed by atoms with Crippen LogP contribution in [0.1, 0.15) is 45.0 Å². The number of nitrogens with one attached hydrogen (secondary N) is 2. The second kappa shape index (κ2) is 12.0. The molecule has 0 fully saturated rings. The van der Waals surface area contributed by atoms with Gasteiger partial charge in [-0.25, -0.2) is 9.59 Å². The Bertz CT molecular complexity index is 972. The molecule has 1 aromatic heterocycles. The molecule has 0 aliphatic heterocycles. The summed E-state index contributed by atoms with van der Waals surface area (Å²) < 4.78 is 10.0. The number of amides is 2. The van der Waals surface area contributed by atoms with Crippen molar-refractivity contribution in [2.75, 3.05) is 25.1 Å². The van der Waals surface area contributed by atoms with Gasteiger partial charge in [0.05, 0.1) is 18.8 Å². The molecule has 1 atom stereocenters. The van der Waals surface area contributed by atoms with Crippen molar-refractivity contribution >= 4 is 40.1 Å². The van der Waals surface area contributed by atoms with Gasteiger partial charge in [-0.15, -0.1) is 11.3 Å². The molecule has 3 N–H and O–H groups in total. The average Bonchev–Trinajstić information content (AvgIpc) is 3.10. The number of carbonyl (C=O) groups excluding carboxylic acids is 4. The summed E-state index contributed by atoms with van der Waals surface area (Å²) in [5, 5.41) is 14.7. The highest BCUT2D eigenvalue weighted by Crippen LogP contribution is 2.34. The summed E-state index contributed by atoms with van der Waals surface area (Å²) in [6, 6.07) is 6.83. The highest BCUT2D eigenvalue weighted by molar-refractivity contribution is 7.16. The van der Waals surface area contributed by atoms with E-state index in [1.54, 1.807) is 37.3 Å². The quantitative estimate of drug-likeness (QED) is 0.461. The van der Waals surface area contributed by atoms with Crippen LogP contribution in [0.4, 0.5) is 5.00 Å². The van der Waals surface area contributed by atoms with E-state index in [0.29, 0.717) is 22.5 Å². The first kappa shape index (κ1) is 25.0. The lowest BCUT2D eigenvalue weighted by molar-refractivity contribution is -0.150. The van der Waals surface area contributed by atoms with Crippen LogP contribution in [0.5, 0.6) is 0 Å². The summed E-state index contributed by atoms with van der Waals surface area (Å²) in [6.07, 6.45) is 0.584. The Morgan fingerprint density at radius 1 is 1.09 bits per heavy atom. The Labute approximate surface area is 189 Å². The van der Waals surface area contributed by atoms with Crippen LogP contribution in [0.25, 0.3) is 0 Å². The van der Waals surface area contributed by atoms with Crippen LogP contribution in [0.3, 0.4) is 0 Å². The van der Waals surface area contributed by atoms with Crippen molar-refractivity contribution in [1.82, 2.24) is 5.32 Å². The molecule has 0 saturated heterocycles. The van der Waals surface area contributed by atoms with E-state index < -0.39 is 43.0 Å². The molecule has 2 aromatic rings. The maximum absolute atomic E-state index is 12.3. The van der Waals surface area contributed by atoms with Crippen molar-refractivity contribution in [3.63, 3.8) is 0 Å². The molecule has 0 saturated carbocycles. The summed E-state index contributed by atoms with van der Waals surface area (Å²) in [7, 11) is 0. The Balaban J connectivity index is 1.99. The van der Waals surface area contributed by atoms with Crippen molar-refractivity contribution in [3.05, 3.63) is 51.9 Å². The van der Waals surface area contributed by atoms with Gasteiger partial charge in [-0.2, -0.15) is 0 Å². The van der Waals surface area contributed by atoms with E-state index in [1.165, 1.54) is 11.3 Å². The normalized spacial score (nSPS) is 11.4. The number of benzene rings is 1. The number of aryl methyl sites for hydroxylation is 1. The van der Waals surface area contributed by atoms with Crippen LogP contribution in [-0.2, 0) is 25.5 Å². The van der Waals surface area contributed by atoms with E-state index in [9.17, 15) is 24.3 Å². The molecule has 32 heavy (non-hydrogen) atoms. The Hall–Kier alpha value is -3.24. The van der Waals surface area contributed by atoms with E-state index in [1.807, 2.05) is 13.8 Å². The fourth-order valence-corrected chi connectivity index (χ4v) is 4.07. The SMILES string of the molecule is CCOC(=O)c1c(NC(=O)COC(=O)C(CO)NC(=O)c2ccccc2)sc(C)c1CC. The summed E-state index contributed by atoms with van der Waals surface area (Å²) in [5.74, 6) is -2.73. The van der Waals surface area contributed by atoms with Gasteiger partial charge in [0, 0.05) is 10.4 Å². The summed E-state index contributed by atoms with van der Waals surface area (Å²) in [4.78, 5) is 49.9. The van der Waals surface area contributed by atoms with Crippen LogP contribution in [0.2, 0.25) is 0 Å². The number of esters is 2. The van der Waals surface area contributed by atoms with Gasteiger partial charge >= 0.3 is 11.9 Å². The standard InChI is InChI=1S/C22H26N2O7S/c1-4-15-13(3)32-20(18(15)22(29)30-5-2)24-17(26)12-31-21(28)16(11-25)23-19(27)14-9-7-6-8-10-14/h6-10,16,25H,4-5,11-12H2,1-3H3,(H,23,27)(H,24,26). The summed E-state index contributed by atoms with van der Waals surface area (Å²) in [6.45, 7) is 4.26. The number of aliphatic hydroxyl groups is 1. The molecular formula is C22H26N2O7S. The fraction of sp³-hybridized carbons (Fsp3) is 0.364. The van der Waals surface area contributed by atoms with Crippen molar-refractivity contribution in [3.8, 4) is 0 Å². The van der Waals surface area contributed by atoms with Gasteiger partial charge in [0.2, 0.25) is 0 Å². The molecule has 0 spiro atoms. The largest absolute Gasteiger partial charge is 0.462 e. The number of rotatable bonds is 10. The predicted octanol–water partition coefficient (Wildman–Crippen LogP) is 2.07. The Morgan fingerprint density at radius 3 is 2.38 bits per heavy atom. The fourth-order valence-electron chi connectivity index (χ4n) is 2.92. The topological polar surface area (TPSA) is 131 Å². The van der Waals surface area contributed by atoms with Crippen LogP contribution in [-0.4, -0.2) is 54.7 Å². The van der Waals surface area contributed by atoms with E-state index in [-0.39, 0.29) is 6.61 Å². The number of ether oxygens (including phenoxy) is 2. The zero-order chi connectivity index (χ0) is 23.7. The van der Waals surface area contributed by atoms with E-state index >= 15 is 0 Å². The van der Waals surface area contributed by atoms with Crippen molar-refractivity contribution in [2.24, 2.45) is 0 Å². The molecule has 1 aromatic carbocycles. The average molecular weight is 463 g/mol. The maximum atomic E-state index is 12.3. The number of carbonyl (C=O) groups is 4. The minimum absolute atomic E-state index is 0.194. The monoisotopic (exact) mass is 462 g/mol. The third-order valence-corrected chi connectivity index (χ3v) is 5.51. The smallest absolute Gasteiger partial charge is 0.341 e. The summed E-state index contributed by atoms with van der Waals surface area (Å²) in [5.41, 5.74) is 1.38. The minimum Gasteiger partial charge on any atom is -0.462 e. The van der Waals surface area contributed by atoms with Crippen molar-refractivity contribution < 1.29 is 33.8 Å². The lowest BCUT2D eigenvalue weighted by Gasteiger charge is -2.15. The highest BCUT2D eigenvalue weighted by Gasteiger charge is 2.25. The first-order valence-corrected chi connectivity index (χ1v) is 10.9. The molecule has 0 radical (unpaired) electrons. The molecular weight excluding hydrogens is 436 g/mol. The molecule has 2 rings (SSSR count). The number of anilines is 1. The number of thiophene rings is 1. The second-order valence-corrected chi connectivity index (χ2v) is 7.87. The van der Waals surface area contributed by atoms with Crippen LogP contribution >= 0.6 is 11.3 Å². The van der Waals surface area contributed by atoms with Gasteiger partial charge in [0.25, 0.3) is 11.8 Å². The third kappa shape index (κ3) is 6.38. The Kier molecular flexibility index (Phi) is 9.36. The van der Waals surface area contributed by atoms with Gasteiger partial charge in [-0.05, 0) is 38.0 Å². The molecule has 0 aliphatic carbocycles. The molecule has 172 valence electrons. The molecule has 1 unspecified atom stereocenters. The van der Waals surface area contributed by atoms with E-state index in [0.717, 1.165) is 10.4 Å². The maximum Gasteiger partial charge on any atom is 0.341 e. The molecule has 2 amide bonds. The first-order chi connectivity index (χ1) is 15.3. The van der Waals surface area contributed by atoms with Gasteiger partial charge < -0.3 is 25.2 Å². The molecule has 0 aliphatic rings. The lowest BCUT2D eigenvalue weighted by atomic mass is 10.1. The van der Waals surface area contributed by atoms with Crippen LogP contribution < -0.4 is 10.6 Å². The van der Waals surface area contributed by atoms with Gasteiger partial charge in [0.1, 0.15) is 5.00 Å². The zero-order valence-electron chi connectivity index (χ0n) is 18.1. The van der Waals surface area contributed by atoms with Gasteiger partial charge in [-0.1, -0.05) is 25.1 Å². The molecule has 0 bridgehead atoms. The number of aliphatic hydroxyl groups excluding tert-OH is 1. The lowest BCUT2D eigenvalue weighted by Crippen LogP contribution is -2.45. The van der Waals surface area contributed by atoms with Gasteiger partial charge in [-0.3, -0.25) is 9.59 Å². The Morgan fingerprint density at radius 2 is 1.78 bits per heavy atom. The summed E-state index contributed by atoms with van der Waals surface area (Å²) >= 11 is 1.23. The zero-order valence-corrected chi connectivity index (χ0v) is 18.9. The van der Waals surface area contributed by atoms with E-state index in [4.69, 9.17) is 9.47 Å². The van der Waals surface area contributed by atoms with Gasteiger partial charge in [0.15, 0.2) is 12.6 Å². The highest BCUT2D eigenvalue weighted by atomic mass is 32.1. The molecule has 10 heteroatoms. The van der Waals surface area contributed by atoms with Crippen LogP contribution in [0, 0.1) is 6.92 Å². The van der Waals surface area contributed by atoms with Crippen molar-refractivity contribution in [1.29, 1.82) is 0 Å². The third-order valence-electron chi connectivity index (χ3n) is 4.45. The predicted molar refractivity (Wildman–Crippen MR) is 119 cm³/mol. The first-order valence-electron chi connectivity index (χ1n) is 10.0.